The van der Waals surface area contributed by atoms with E-state index in [1.54, 1.807) is 6.26 Å². The molecule has 0 spiro atoms. The Bertz CT molecular complexity index is 647. The molecule has 3 rings (SSSR count). The second-order valence-corrected chi connectivity index (χ2v) is 8.76. The fourth-order valence-corrected chi connectivity index (χ4v) is 4.29. The molecule has 0 radical (unpaired) electrons. The van der Waals surface area contributed by atoms with Crippen LogP contribution in [0.5, 0.6) is 0 Å². The highest BCUT2D eigenvalue weighted by molar-refractivity contribution is 5.27. The predicted molar refractivity (Wildman–Crippen MR) is 111 cm³/mol. The number of hydrogen-bond donors (Lipinski definition) is 1. The average Bonchev–Trinajstić information content (AvgIpc) is 3.19. The van der Waals surface area contributed by atoms with Crippen LogP contribution < -0.4 is 5.32 Å². The van der Waals surface area contributed by atoms with Crippen LogP contribution in [0.25, 0.3) is 0 Å². The molecule has 1 saturated heterocycles. The Labute approximate surface area is 164 Å². The number of nitrogens with one attached hydrogen (secondary N) is 1. The number of benzene rings is 1. The van der Waals surface area contributed by atoms with E-state index in [1.165, 1.54) is 5.56 Å². The van der Waals surface area contributed by atoms with Gasteiger partial charge in [-0.15, -0.1) is 0 Å². The lowest BCUT2D eigenvalue weighted by Crippen LogP contribution is -2.48. The molecular formula is C24H35NO2. The molecule has 0 aliphatic carbocycles. The number of rotatable bonds is 8. The van der Waals surface area contributed by atoms with Crippen LogP contribution in [-0.2, 0) is 16.7 Å². The minimum absolute atomic E-state index is 0.166. The summed E-state index contributed by atoms with van der Waals surface area (Å²) in [5.74, 6) is 2.06. The van der Waals surface area contributed by atoms with E-state index >= 15 is 0 Å². The molecule has 0 unspecified atom stereocenters. The van der Waals surface area contributed by atoms with E-state index in [-0.39, 0.29) is 5.41 Å². The van der Waals surface area contributed by atoms with Gasteiger partial charge in [0.05, 0.1) is 25.0 Å². The predicted octanol–water partition coefficient (Wildman–Crippen LogP) is 5.56. The van der Waals surface area contributed by atoms with Gasteiger partial charge < -0.3 is 14.5 Å². The van der Waals surface area contributed by atoms with Gasteiger partial charge in [0, 0.05) is 5.41 Å². The molecule has 0 bridgehead atoms. The van der Waals surface area contributed by atoms with Gasteiger partial charge >= 0.3 is 0 Å². The summed E-state index contributed by atoms with van der Waals surface area (Å²) in [5.41, 5.74) is 1.63. The molecule has 1 aliphatic rings. The quantitative estimate of drug-likeness (QED) is 0.619. The first-order valence-electron chi connectivity index (χ1n) is 10.4. The van der Waals surface area contributed by atoms with Crippen LogP contribution in [0.2, 0.25) is 0 Å². The van der Waals surface area contributed by atoms with Crippen LogP contribution in [0, 0.1) is 11.8 Å². The first-order valence-corrected chi connectivity index (χ1v) is 10.4. The summed E-state index contributed by atoms with van der Waals surface area (Å²) >= 11 is 0. The normalized spacial score (nSPS) is 26.0. The smallest absolute Gasteiger partial charge is 0.117 e. The van der Waals surface area contributed by atoms with Gasteiger partial charge in [0.25, 0.3) is 0 Å². The van der Waals surface area contributed by atoms with Gasteiger partial charge in [0.2, 0.25) is 0 Å². The third kappa shape index (κ3) is 5.03. The molecule has 27 heavy (non-hydrogen) atoms. The van der Waals surface area contributed by atoms with Crippen LogP contribution >= 0.6 is 0 Å². The SMILES string of the molecule is CC(C)[C@H]1CC(CCNCc2ccco2)(c2ccccc2)C[C@H](C(C)C)O1. The van der Waals surface area contributed by atoms with E-state index in [0.29, 0.717) is 24.0 Å². The maximum atomic E-state index is 6.52. The highest BCUT2D eigenvalue weighted by atomic mass is 16.5. The van der Waals surface area contributed by atoms with Crippen molar-refractivity contribution in [2.24, 2.45) is 11.8 Å². The van der Waals surface area contributed by atoms with Crippen molar-refractivity contribution in [3.8, 4) is 0 Å². The summed E-state index contributed by atoms with van der Waals surface area (Å²) in [4.78, 5) is 0. The van der Waals surface area contributed by atoms with Crippen LogP contribution in [-0.4, -0.2) is 18.8 Å². The molecule has 3 heteroatoms. The molecule has 2 aromatic rings. The molecule has 1 fully saturated rings. The topological polar surface area (TPSA) is 34.4 Å². The summed E-state index contributed by atoms with van der Waals surface area (Å²) < 4.78 is 12.0. The average molecular weight is 370 g/mol. The highest BCUT2D eigenvalue weighted by Crippen LogP contribution is 2.45. The van der Waals surface area contributed by atoms with Crippen LogP contribution in [0.15, 0.2) is 53.1 Å². The Kier molecular flexibility index (Phi) is 6.78. The maximum absolute atomic E-state index is 6.52. The van der Waals surface area contributed by atoms with Gasteiger partial charge in [-0.3, -0.25) is 0 Å². The van der Waals surface area contributed by atoms with Crippen molar-refractivity contribution < 1.29 is 9.15 Å². The molecule has 1 aliphatic heterocycles. The van der Waals surface area contributed by atoms with Gasteiger partial charge in [0.1, 0.15) is 5.76 Å². The Balaban J connectivity index is 1.78. The lowest BCUT2D eigenvalue weighted by atomic mass is 9.66. The highest BCUT2D eigenvalue weighted by Gasteiger charge is 2.43. The molecular weight excluding hydrogens is 334 g/mol. The third-order valence-electron chi connectivity index (χ3n) is 6.07. The first kappa shape index (κ1) is 20.2. The first-order chi connectivity index (χ1) is 13.0. The second kappa shape index (κ2) is 9.07. The largest absolute Gasteiger partial charge is 0.468 e. The van der Waals surface area contributed by atoms with Gasteiger partial charge in [-0.1, -0.05) is 58.0 Å². The fraction of sp³-hybridized carbons (Fsp3) is 0.583. The Hall–Kier alpha value is -1.58. The molecule has 0 saturated carbocycles. The van der Waals surface area contributed by atoms with Crippen molar-refractivity contribution >= 4 is 0 Å². The molecule has 3 nitrogen and oxygen atoms in total. The van der Waals surface area contributed by atoms with E-state index in [9.17, 15) is 0 Å². The summed E-state index contributed by atoms with van der Waals surface area (Å²) in [6, 6.07) is 15.1. The van der Waals surface area contributed by atoms with E-state index in [1.807, 2.05) is 12.1 Å². The summed E-state index contributed by atoms with van der Waals surface area (Å²) in [7, 11) is 0. The molecule has 2 atom stereocenters. The number of hydrogen-bond acceptors (Lipinski definition) is 3. The Morgan fingerprint density at radius 1 is 0.963 bits per heavy atom. The van der Waals surface area contributed by atoms with Crippen molar-refractivity contribution in [3.63, 3.8) is 0 Å². The second-order valence-electron chi connectivity index (χ2n) is 8.76. The molecule has 1 N–H and O–H groups in total. The Morgan fingerprint density at radius 3 is 2.19 bits per heavy atom. The van der Waals surface area contributed by atoms with Crippen molar-refractivity contribution in [2.45, 2.75) is 71.1 Å². The van der Waals surface area contributed by atoms with Crippen LogP contribution in [0.3, 0.4) is 0 Å². The fourth-order valence-electron chi connectivity index (χ4n) is 4.29. The minimum atomic E-state index is 0.166. The number of furan rings is 1. The summed E-state index contributed by atoms with van der Waals surface area (Å²) in [5, 5.41) is 3.58. The van der Waals surface area contributed by atoms with E-state index in [0.717, 1.165) is 38.1 Å². The van der Waals surface area contributed by atoms with Crippen molar-refractivity contribution in [1.29, 1.82) is 0 Å². The zero-order chi connectivity index (χ0) is 19.3. The minimum Gasteiger partial charge on any atom is -0.468 e. The Morgan fingerprint density at radius 2 is 1.63 bits per heavy atom. The van der Waals surface area contributed by atoms with Gasteiger partial charge in [-0.2, -0.15) is 0 Å². The zero-order valence-corrected chi connectivity index (χ0v) is 17.3. The van der Waals surface area contributed by atoms with Gasteiger partial charge in [-0.05, 0) is 55.3 Å². The zero-order valence-electron chi connectivity index (χ0n) is 17.3. The van der Waals surface area contributed by atoms with Crippen LogP contribution in [0.1, 0.15) is 58.3 Å². The molecule has 148 valence electrons. The third-order valence-corrected chi connectivity index (χ3v) is 6.07. The van der Waals surface area contributed by atoms with E-state index < -0.39 is 0 Å². The van der Waals surface area contributed by atoms with Gasteiger partial charge in [0.15, 0.2) is 0 Å². The van der Waals surface area contributed by atoms with Crippen molar-refractivity contribution in [2.75, 3.05) is 6.54 Å². The van der Waals surface area contributed by atoms with Crippen molar-refractivity contribution in [3.05, 3.63) is 60.1 Å². The van der Waals surface area contributed by atoms with Crippen molar-refractivity contribution in [1.82, 2.24) is 5.32 Å². The lowest BCUT2D eigenvalue weighted by Gasteiger charge is -2.48. The van der Waals surface area contributed by atoms with E-state index in [2.05, 4.69) is 63.3 Å². The maximum Gasteiger partial charge on any atom is 0.117 e. The van der Waals surface area contributed by atoms with Crippen LogP contribution in [0.4, 0.5) is 0 Å². The summed E-state index contributed by atoms with van der Waals surface area (Å²) in [6.45, 7) is 10.9. The molecule has 1 aromatic carbocycles. The summed E-state index contributed by atoms with van der Waals surface area (Å²) in [6.07, 6.45) is 5.68. The van der Waals surface area contributed by atoms with Gasteiger partial charge in [-0.25, -0.2) is 0 Å². The molecule has 0 amide bonds. The standard InChI is InChI=1S/C24H35NO2/c1-18(2)22-15-24(16-23(27-22)19(3)4,20-9-6-5-7-10-20)12-13-25-17-21-11-8-14-26-21/h5-11,14,18-19,22-23,25H,12-13,15-17H2,1-4H3/t22-,23-/m1/s1. The number of ether oxygens (including phenoxy) is 1. The molecule has 2 heterocycles. The van der Waals surface area contributed by atoms with E-state index in [4.69, 9.17) is 9.15 Å². The monoisotopic (exact) mass is 369 g/mol. The lowest BCUT2D eigenvalue weighted by molar-refractivity contribution is -0.118. The molecule has 1 aromatic heterocycles.